The van der Waals surface area contributed by atoms with Gasteiger partial charge in [-0.05, 0) is 39.5 Å². The third kappa shape index (κ3) is 1.98. The average Bonchev–Trinajstić information content (AvgIpc) is 2.24. The summed E-state index contributed by atoms with van der Waals surface area (Å²) in [7, 11) is 0. The van der Waals surface area contributed by atoms with Gasteiger partial charge in [-0.1, -0.05) is 50.0 Å². The van der Waals surface area contributed by atoms with Gasteiger partial charge in [0.25, 0.3) is 0 Å². The minimum atomic E-state index is -0.176. The van der Waals surface area contributed by atoms with Crippen molar-refractivity contribution >= 4 is 5.78 Å². The van der Waals surface area contributed by atoms with Crippen LogP contribution in [0.4, 0.5) is 0 Å². The van der Waals surface area contributed by atoms with Crippen LogP contribution in [0, 0.1) is 10.8 Å². The zero-order valence-corrected chi connectivity index (χ0v) is 12.3. The maximum atomic E-state index is 13.0. The van der Waals surface area contributed by atoms with Crippen LogP contribution < -0.4 is 0 Å². The summed E-state index contributed by atoms with van der Waals surface area (Å²) in [4.78, 5) is 13.0. The van der Waals surface area contributed by atoms with Crippen LogP contribution in [-0.2, 0) is 4.79 Å². The second-order valence-electron chi connectivity index (χ2n) is 6.48. The Balaban J connectivity index is 2.52. The second-order valence-corrected chi connectivity index (χ2v) is 6.48. The molecule has 1 nitrogen and oxygen atoms in total. The maximum absolute atomic E-state index is 13.0. The van der Waals surface area contributed by atoms with Crippen LogP contribution in [0.3, 0.4) is 0 Å². The molecule has 1 heteroatoms. The van der Waals surface area contributed by atoms with Gasteiger partial charge in [0.15, 0.2) is 5.78 Å². The molecule has 0 N–H and O–H groups in total. The fourth-order valence-electron chi connectivity index (χ4n) is 4.37. The maximum Gasteiger partial charge on any atom is 0.153 e. The van der Waals surface area contributed by atoms with E-state index in [1.54, 1.807) is 0 Å². The summed E-state index contributed by atoms with van der Waals surface area (Å²) < 4.78 is 0. The van der Waals surface area contributed by atoms with E-state index in [-0.39, 0.29) is 10.8 Å². The van der Waals surface area contributed by atoms with Gasteiger partial charge in [-0.25, -0.2) is 0 Å². The van der Waals surface area contributed by atoms with E-state index in [0.29, 0.717) is 5.78 Å². The third-order valence-corrected chi connectivity index (χ3v) is 4.53. The molecule has 0 aromatic rings. The van der Waals surface area contributed by atoms with Crippen LogP contribution in [-0.4, -0.2) is 5.78 Å². The Morgan fingerprint density at radius 1 is 0.944 bits per heavy atom. The summed E-state index contributed by atoms with van der Waals surface area (Å²) in [6.07, 6.45) is 10.7. The van der Waals surface area contributed by atoms with Crippen LogP contribution in [0.1, 0.15) is 66.2 Å². The smallest absolute Gasteiger partial charge is 0.153 e. The first-order valence-electron chi connectivity index (χ1n) is 7.39. The van der Waals surface area contributed by atoms with Gasteiger partial charge < -0.3 is 0 Å². The van der Waals surface area contributed by atoms with Crippen LogP contribution >= 0.6 is 0 Å². The summed E-state index contributed by atoms with van der Waals surface area (Å²) in [5.41, 5.74) is 2.48. The van der Waals surface area contributed by atoms with Crippen LogP contribution in [0.2, 0.25) is 0 Å². The van der Waals surface area contributed by atoms with E-state index in [9.17, 15) is 4.79 Å². The van der Waals surface area contributed by atoms with Gasteiger partial charge in [0.05, 0.1) is 10.8 Å². The van der Waals surface area contributed by atoms with E-state index in [4.69, 9.17) is 0 Å². The lowest BCUT2D eigenvalue weighted by Gasteiger charge is -2.47. The second kappa shape index (κ2) is 4.68. The Bertz CT molecular complexity index is 377. The molecule has 18 heavy (non-hydrogen) atoms. The standard InChI is InChI=1S/C17H26O/c1-5-7-16-9-13(3)11-17(8-6-2,15(16)18)12-14(4)10-16/h9,12H,5-8,10-11H2,1-4H3. The molecule has 2 atom stereocenters. The fraction of sp³-hybridized carbons (Fsp3) is 0.706. The average molecular weight is 246 g/mol. The van der Waals surface area contributed by atoms with Crippen molar-refractivity contribution in [2.45, 2.75) is 66.2 Å². The summed E-state index contributed by atoms with van der Waals surface area (Å²) in [5, 5.41) is 0. The molecule has 0 saturated heterocycles. The normalized spacial score (nSPS) is 35.2. The molecule has 2 aliphatic carbocycles. The van der Waals surface area contributed by atoms with Crippen molar-refractivity contribution in [2.75, 3.05) is 0 Å². The molecular weight excluding hydrogens is 220 g/mol. The van der Waals surface area contributed by atoms with Gasteiger partial charge in [0.2, 0.25) is 0 Å². The van der Waals surface area contributed by atoms with Crippen molar-refractivity contribution in [3.8, 4) is 0 Å². The number of hydrogen-bond donors (Lipinski definition) is 0. The van der Waals surface area contributed by atoms with Crippen molar-refractivity contribution in [1.82, 2.24) is 0 Å². The summed E-state index contributed by atoms with van der Waals surface area (Å²) in [6, 6.07) is 0. The zero-order valence-electron chi connectivity index (χ0n) is 12.3. The molecule has 2 aliphatic rings. The fourth-order valence-corrected chi connectivity index (χ4v) is 4.37. The van der Waals surface area contributed by atoms with Gasteiger partial charge >= 0.3 is 0 Å². The Morgan fingerprint density at radius 3 is 1.67 bits per heavy atom. The van der Waals surface area contributed by atoms with Gasteiger partial charge in [-0.2, -0.15) is 0 Å². The molecule has 0 aliphatic heterocycles. The molecule has 0 aromatic heterocycles. The van der Waals surface area contributed by atoms with Crippen LogP contribution in [0.25, 0.3) is 0 Å². The topological polar surface area (TPSA) is 17.1 Å². The van der Waals surface area contributed by atoms with Crippen molar-refractivity contribution in [1.29, 1.82) is 0 Å². The van der Waals surface area contributed by atoms with E-state index in [0.717, 1.165) is 38.5 Å². The quantitative estimate of drug-likeness (QED) is 0.649. The lowest BCUT2D eigenvalue weighted by atomic mass is 9.54. The number of fused-ring (bicyclic) bond motifs is 2. The minimum Gasteiger partial charge on any atom is -0.298 e. The molecule has 0 heterocycles. The number of allylic oxidation sites excluding steroid dienone is 4. The Hall–Kier alpha value is -0.850. The van der Waals surface area contributed by atoms with E-state index in [2.05, 4.69) is 39.8 Å². The first-order chi connectivity index (χ1) is 8.48. The van der Waals surface area contributed by atoms with Crippen molar-refractivity contribution in [2.24, 2.45) is 10.8 Å². The number of ketones is 1. The number of hydrogen-bond acceptors (Lipinski definition) is 1. The lowest BCUT2D eigenvalue weighted by Crippen LogP contribution is -2.48. The number of Topliss-reactive ketones (excluding diaryl/α,β-unsaturated/α-hetero) is 1. The lowest BCUT2D eigenvalue weighted by molar-refractivity contribution is -0.137. The highest BCUT2D eigenvalue weighted by molar-refractivity contribution is 5.96. The van der Waals surface area contributed by atoms with E-state index < -0.39 is 0 Å². The number of rotatable bonds is 4. The molecule has 0 amide bonds. The SMILES string of the molecule is CCCC12C=C(C)CC(CCC)(C=C(C)C1)C2=O. The highest BCUT2D eigenvalue weighted by Crippen LogP contribution is 2.54. The number of carbonyl (C=O) groups is 1. The molecular formula is C17H26O. The first kappa shape index (κ1) is 13.6. The molecule has 2 rings (SSSR count). The van der Waals surface area contributed by atoms with E-state index >= 15 is 0 Å². The Kier molecular flexibility index (Phi) is 3.53. The molecule has 0 radical (unpaired) electrons. The Morgan fingerprint density at radius 2 is 1.33 bits per heavy atom. The van der Waals surface area contributed by atoms with E-state index in [1.807, 2.05) is 0 Å². The van der Waals surface area contributed by atoms with Crippen molar-refractivity contribution in [3.05, 3.63) is 23.3 Å². The van der Waals surface area contributed by atoms with Crippen LogP contribution in [0.5, 0.6) is 0 Å². The highest BCUT2D eigenvalue weighted by Gasteiger charge is 2.52. The van der Waals surface area contributed by atoms with Crippen molar-refractivity contribution < 1.29 is 4.79 Å². The summed E-state index contributed by atoms with van der Waals surface area (Å²) in [6.45, 7) is 8.79. The molecule has 0 fully saturated rings. The monoisotopic (exact) mass is 246 g/mol. The molecule has 100 valence electrons. The van der Waals surface area contributed by atoms with E-state index in [1.165, 1.54) is 11.1 Å². The third-order valence-electron chi connectivity index (χ3n) is 4.53. The van der Waals surface area contributed by atoms with Gasteiger partial charge in [0.1, 0.15) is 0 Å². The zero-order chi connectivity index (χ0) is 13.4. The largest absolute Gasteiger partial charge is 0.298 e. The summed E-state index contributed by atoms with van der Waals surface area (Å²) >= 11 is 0. The molecule has 0 aromatic carbocycles. The van der Waals surface area contributed by atoms with Gasteiger partial charge in [-0.15, -0.1) is 0 Å². The molecule has 2 bridgehead atoms. The van der Waals surface area contributed by atoms with Gasteiger partial charge in [0, 0.05) is 0 Å². The predicted octanol–water partition coefficient (Wildman–Crippen LogP) is 4.83. The Labute approximate surface area is 111 Å². The highest BCUT2D eigenvalue weighted by atomic mass is 16.1. The molecule has 0 spiro atoms. The number of carbonyl (C=O) groups excluding carboxylic acids is 1. The minimum absolute atomic E-state index is 0.176. The van der Waals surface area contributed by atoms with Crippen molar-refractivity contribution in [3.63, 3.8) is 0 Å². The van der Waals surface area contributed by atoms with Crippen LogP contribution in [0.15, 0.2) is 23.3 Å². The first-order valence-corrected chi connectivity index (χ1v) is 7.39. The molecule has 0 saturated carbocycles. The predicted molar refractivity (Wildman–Crippen MR) is 76.4 cm³/mol. The summed E-state index contributed by atoms with van der Waals surface area (Å²) in [5.74, 6) is 0.509. The molecule has 2 unspecified atom stereocenters. The van der Waals surface area contributed by atoms with Gasteiger partial charge in [-0.3, -0.25) is 4.79 Å².